The third kappa shape index (κ3) is 2.35. The molecule has 0 bridgehead atoms. The van der Waals surface area contributed by atoms with E-state index >= 15 is 0 Å². The summed E-state index contributed by atoms with van der Waals surface area (Å²) < 4.78 is 9.61. The molecule has 1 unspecified atom stereocenters. The SMILES string of the molecule is CC(OCc1ccno1)C(=O)O. The fourth-order valence-electron chi connectivity index (χ4n) is 0.595. The minimum atomic E-state index is -0.991. The van der Waals surface area contributed by atoms with Gasteiger partial charge >= 0.3 is 5.97 Å². The van der Waals surface area contributed by atoms with E-state index < -0.39 is 12.1 Å². The number of carboxylic acid groups (broad SMARTS) is 1. The van der Waals surface area contributed by atoms with Crippen LogP contribution < -0.4 is 0 Å². The second-order valence-corrected chi connectivity index (χ2v) is 2.27. The maximum atomic E-state index is 10.3. The summed E-state index contributed by atoms with van der Waals surface area (Å²) >= 11 is 0. The number of hydrogen-bond donors (Lipinski definition) is 1. The fourth-order valence-corrected chi connectivity index (χ4v) is 0.595. The summed E-state index contributed by atoms with van der Waals surface area (Å²) in [7, 11) is 0. The van der Waals surface area contributed by atoms with Crippen molar-refractivity contribution in [3.8, 4) is 0 Å². The topological polar surface area (TPSA) is 72.6 Å². The van der Waals surface area contributed by atoms with Gasteiger partial charge in [0.05, 0.1) is 6.20 Å². The van der Waals surface area contributed by atoms with Crippen molar-refractivity contribution in [2.45, 2.75) is 19.6 Å². The Labute approximate surface area is 68.9 Å². The summed E-state index contributed by atoms with van der Waals surface area (Å²) in [5.41, 5.74) is 0. The summed E-state index contributed by atoms with van der Waals surface area (Å²) in [4.78, 5) is 10.3. The van der Waals surface area contributed by atoms with Crippen molar-refractivity contribution in [1.82, 2.24) is 5.16 Å². The number of aliphatic carboxylic acids is 1. The van der Waals surface area contributed by atoms with E-state index in [9.17, 15) is 4.79 Å². The van der Waals surface area contributed by atoms with E-state index in [1.54, 1.807) is 6.07 Å². The van der Waals surface area contributed by atoms with Crippen molar-refractivity contribution in [1.29, 1.82) is 0 Å². The Hall–Kier alpha value is -1.36. The van der Waals surface area contributed by atoms with Gasteiger partial charge in [-0.15, -0.1) is 0 Å². The van der Waals surface area contributed by atoms with Crippen molar-refractivity contribution in [2.75, 3.05) is 0 Å². The van der Waals surface area contributed by atoms with Crippen LogP contribution in [0.25, 0.3) is 0 Å². The molecule has 1 atom stereocenters. The molecule has 1 aromatic rings. The Kier molecular flexibility index (Phi) is 2.82. The third-order valence-electron chi connectivity index (χ3n) is 1.31. The van der Waals surface area contributed by atoms with Crippen LogP contribution in [0.3, 0.4) is 0 Å². The van der Waals surface area contributed by atoms with Gasteiger partial charge in [0.15, 0.2) is 11.9 Å². The molecule has 0 aromatic carbocycles. The predicted octanol–water partition coefficient (Wildman–Crippen LogP) is 0.664. The van der Waals surface area contributed by atoms with Gasteiger partial charge < -0.3 is 14.4 Å². The monoisotopic (exact) mass is 171 g/mol. The predicted molar refractivity (Wildman–Crippen MR) is 38.4 cm³/mol. The Morgan fingerprint density at radius 2 is 2.67 bits per heavy atom. The molecule has 0 saturated carbocycles. The molecule has 1 rings (SSSR count). The molecule has 12 heavy (non-hydrogen) atoms. The molecule has 0 aliphatic carbocycles. The number of aromatic nitrogens is 1. The third-order valence-corrected chi connectivity index (χ3v) is 1.31. The molecular weight excluding hydrogens is 162 g/mol. The lowest BCUT2D eigenvalue weighted by molar-refractivity contribution is -0.150. The molecule has 66 valence electrons. The molecule has 5 nitrogen and oxygen atoms in total. The van der Waals surface area contributed by atoms with E-state index in [0.29, 0.717) is 5.76 Å². The zero-order valence-electron chi connectivity index (χ0n) is 6.56. The lowest BCUT2D eigenvalue weighted by Crippen LogP contribution is -2.19. The van der Waals surface area contributed by atoms with Crippen LogP contribution in [0, 0.1) is 0 Å². The van der Waals surface area contributed by atoms with Gasteiger partial charge in [0.2, 0.25) is 0 Å². The van der Waals surface area contributed by atoms with Crippen molar-refractivity contribution < 1.29 is 19.2 Å². The normalized spacial score (nSPS) is 12.8. The average molecular weight is 171 g/mol. The lowest BCUT2D eigenvalue weighted by Gasteiger charge is -2.04. The van der Waals surface area contributed by atoms with Crippen LogP contribution in [0.2, 0.25) is 0 Å². The molecule has 0 saturated heterocycles. The maximum Gasteiger partial charge on any atom is 0.332 e. The standard InChI is InChI=1S/C7H9NO4/c1-5(7(9)10)11-4-6-2-3-8-12-6/h2-3,5H,4H2,1H3,(H,9,10). The maximum absolute atomic E-state index is 10.3. The molecule has 0 spiro atoms. The van der Waals surface area contributed by atoms with Crippen molar-refractivity contribution in [3.05, 3.63) is 18.0 Å². The van der Waals surface area contributed by atoms with Gasteiger partial charge in [0, 0.05) is 6.07 Å². The van der Waals surface area contributed by atoms with Crippen LogP contribution >= 0.6 is 0 Å². The molecule has 0 aliphatic heterocycles. The van der Waals surface area contributed by atoms with Gasteiger partial charge in [-0.1, -0.05) is 5.16 Å². The first-order chi connectivity index (χ1) is 5.70. The summed E-state index contributed by atoms with van der Waals surface area (Å²) in [5, 5.41) is 11.9. The summed E-state index contributed by atoms with van der Waals surface area (Å²) in [6.07, 6.45) is 0.652. The molecule has 1 aromatic heterocycles. The zero-order valence-corrected chi connectivity index (χ0v) is 6.56. The van der Waals surface area contributed by atoms with E-state index in [-0.39, 0.29) is 6.61 Å². The lowest BCUT2D eigenvalue weighted by atomic mass is 10.4. The van der Waals surface area contributed by atoms with E-state index in [1.807, 2.05) is 0 Å². The van der Waals surface area contributed by atoms with Gasteiger partial charge in [0.25, 0.3) is 0 Å². The number of nitrogens with zero attached hydrogens (tertiary/aromatic N) is 1. The van der Waals surface area contributed by atoms with Crippen LogP contribution in [-0.2, 0) is 16.1 Å². The van der Waals surface area contributed by atoms with Gasteiger partial charge in [-0.2, -0.15) is 0 Å². The molecule has 1 heterocycles. The van der Waals surface area contributed by atoms with Gasteiger partial charge in [-0.05, 0) is 6.92 Å². The molecule has 0 aliphatic rings. The van der Waals surface area contributed by atoms with Crippen molar-refractivity contribution in [3.63, 3.8) is 0 Å². The van der Waals surface area contributed by atoms with Crippen molar-refractivity contribution >= 4 is 5.97 Å². The number of carboxylic acids is 1. The van der Waals surface area contributed by atoms with E-state index in [0.717, 1.165) is 0 Å². The van der Waals surface area contributed by atoms with Gasteiger partial charge in [-0.25, -0.2) is 4.79 Å². The molecule has 0 radical (unpaired) electrons. The van der Waals surface area contributed by atoms with Crippen LogP contribution in [0.15, 0.2) is 16.8 Å². The van der Waals surface area contributed by atoms with E-state index in [1.165, 1.54) is 13.1 Å². The minimum absolute atomic E-state index is 0.132. The Morgan fingerprint density at radius 1 is 1.92 bits per heavy atom. The first-order valence-corrected chi connectivity index (χ1v) is 3.44. The first kappa shape index (κ1) is 8.73. The summed E-state index contributed by atoms with van der Waals surface area (Å²) in [6.45, 7) is 1.59. The highest BCUT2D eigenvalue weighted by Gasteiger charge is 2.11. The van der Waals surface area contributed by atoms with Crippen LogP contribution in [0.1, 0.15) is 12.7 Å². The highest BCUT2D eigenvalue weighted by molar-refractivity contribution is 5.71. The fraction of sp³-hybridized carbons (Fsp3) is 0.429. The minimum Gasteiger partial charge on any atom is -0.479 e. The number of carbonyl (C=O) groups is 1. The second kappa shape index (κ2) is 3.87. The summed E-state index contributed by atoms with van der Waals surface area (Å²) in [6, 6.07) is 1.62. The van der Waals surface area contributed by atoms with Crippen LogP contribution in [0.5, 0.6) is 0 Å². The highest BCUT2D eigenvalue weighted by atomic mass is 16.5. The number of rotatable bonds is 4. The largest absolute Gasteiger partial charge is 0.479 e. The van der Waals surface area contributed by atoms with Crippen molar-refractivity contribution in [2.24, 2.45) is 0 Å². The highest BCUT2D eigenvalue weighted by Crippen LogP contribution is 2.01. The Bertz CT molecular complexity index is 244. The molecule has 0 amide bonds. The average Bonchev–Trinajstić information content (AvgIpc) is 2.51. The van der Waals surface area contributed by atoms with Crippen LogP contribution in [-0.4, -0.2) is 22.3 Å². The zero-order chi connectivity index (χ0) is 8.97. The molecule has 1 N–H and O–H groups in total. The molecule has 0 fully saturated rings. The first-order valence-electron chi connectivity index (χ1n) is 3.44. The second-order valence-electron chi connectivity index (χ2n) is 2.27. The van der Waals surface area contributed by atoms with Crippen LogP contribution in [0.4, 0.5) is 0 Å². The van der Waals surface area contributed by atoms with E-state index in [4.69, 9.17) is 14.4 Å². The van der Waals surface area contributed by atoms with Gasteiger partial charge in [-0.3, -0.25) is 0 Å². The quantitative estimate of drug-likeness (QED) is 0.720. The smallest absolute Gasteiger partial charge is 0.332 e. The molecular formula is C7H9NO4. The Morgan fingerprint density at radius 3 is 3.17 bits per heavy atom. The number of hydrogen-bond acceptors (Lipinski definition) is 4. The Balaban J connectivity index is 2.31. The summed E-state index contributed by atoms with van der Waals surface area (Å²) in [5.74, 6) is -0.474. The molecule has 5 heteroatoms. The van der Waals surface area contributed by atoms with E-state index in [2.05, 4.69) is 5.16 Å². The van der Waals surface area contributed by atoms with Gasteiger partial charge in [0.1, 0.15) is 6.61 Å². The number of ether oxygens (including phenoxy) is 1.